The van der Waals surface area contributed by atoms with Crippen molar-refractivity contribution in [2.24, 2.45) is 0 Å². The van der Waals surface area contributed by atoms with Gasteiger partial charge < -0.3 is 4.98 Å². The summed E-state index contributed by atoms with van der Waals surface area (Å²) in [5, 5.41) is 1.97. The van der Waals surface area contributed by atoms with Crippen molar-refractivity contribution in [2.75, 3.05) is 0 Å². The van der Waals surface area contributed by atoms with E-state index in [1.54, 1.807) is 6.33 Å². The van der Waals surface area contributed by atoms with Crippen molar-refractivity contribution in [1.29, 1.82) is 0 Å². The van der Waals surface area contributed by atoms with E-state index >= 15 is 0 Å². The summed E-state index contributed by atoms with van der Waals surface area (Å²) in [7, 11) is 0. The van der Waals surface area contributed by atoms with Crippen LogP contribution in [0.15, 0.2) is 29.0 Å². The van der Waals surface area contributed by atoms with Crippen molar-refractivity contribution in [3.8, 4) is 0 Å². The predicted molar refractivity (Wildman–Crippen MR) is 67.6 cm³/mol. The van der Waals surface area contributed by atoms with E-state index in [4.69, 9.17) is 11.6 Å². The molecule has 0 saturated carbocycles. The van der Waals surface area contributed by atoms with E-state index in [9.17, 15) is 0 Å². The third kappa shape index (κ3) is 1.91. The van der Waals surface area contributed by atoms with Gasteiger partial charge in [-0.2, -0.15) is 0 Å². The van der Waals surface area contributed by atoms with Gasteiger partial charge in [0.15, 0.2) is 5.65 Å². The highest BCUT2D eigenvalue weighted by Crippen LogP contribution is 2.31. The SMILES string of the molecule is Cc1c(Cl)ncnc1Sc1ncnc2nc[nH]c12. The fraction of sp³-hybridized carbons (Fsp3) is 0.100. The van der Waals surface area contributed by atoms with E-state index in [1.807, 2.05) is 6.92 Å². The summed E-state index contributed by atoms with van der Waals surface area (Å²) in [5.41, 5.74) is 2.25. The topological polar surface area (TPSA) is 80.2 Å². The molecule has 0 radical (unpaired) electrons. The Morgan fingerprint density at radius 1 is 1.06 bits per heavy atom. The number of nitrogens with zero attached hydrogens (tertiary/aromatic N) is 5. The minimum Gasteiger partial charge on any atom is -0.341 e. The maximum absolute atomic E-state index is 5.96. The maximum Gasteiger partial charge on any atom is 0.181 e. The van der Waals surface area contributed by atoms with Gasteiger partial charge in [0.25, 0.3) is 0 Å². The summed E-state index contributed by atoms with van der Waals surface area (Å²) in [6, 6.07) is 0. The highest BCUT2D eigenvalue weighted by Gasteiger charge is 2.11. The second-order valence-corrected chi connectivity index (χ2v) is 4.81. The molecule has 0 aliphatic carbocycles. The van der Waals surface area contributed by atoms with Crippen LogP contribution < -0.4 is 0 Å². The first-order valence-electron chi connectivity index (χ1n) is 5.04. The Morgan fingerprint density at radius 2 is 1.83 bits per heavy atom. The summed E-state index contributed by atoms with van der Waals surface area (Å²) >= 11 is 7.36. The second kappa shape index (κ2) is 4.51. The Kier molecular flexibility index (Phi) is 2.85. The Hall–Kier alpha value is -1.73. The molecule has 0 aliphatic rings. The molecule has 3 rings (SSSR count). The van der Waals surface area contributed by atoms with E-state index in [-0.39, 0.29) is 0 Å². The van der Waals surface area contributed by atoms with Gasteiger partial charge in [-0.15, -0.1) is 0 Å². The first-order chi connectivity index (χ1) is 8.75. The average molecular weight is 279 g/mol. The zero-order chi connectivity index (χ0) is 12.5. The summed E-state index contributed by atoms with van der Waals surface area (Å²) in [5.74, 6) is 0. The van der Waals surface area contributed by atoms with Crippen LogP contribution in [0.4, 0.5) is 0 Å². The van der Waals surface area contributed by atoms with E-state index < -0.39 is 0 Å². The van der Waals surface area contributed by atoms with Crippen molar-refractivity contribution in [3.05, 3.63) is 29.7 Å². The number of imidazole rings is 1. The van der Waals surface area contributed by atoms with Crippen molar-refractivity contribution in [1.82, 2.24) is 29.9 Å². The fourth-order valence-corrected chi connectivity index (χ4v) is 2.50. The van der Waals surface area contributed by atoms with Gasteiger partial charge in [-0.1, -0.05) is 11.6 Å². The van der Waals surface area contributed by atoms with Gasteiger partial charge in [0.1, 0.15) is 33.4 Å². The molecule has 6 nitrogen and oxygen atoms in total. The van der Waals surface area contributed by atoms with Crippen LogP contribution in [-0.4, -0.2) is 29.9 Å². The third-order valence-electron chi connectivity index (χ3n) is 2.36. The van der Waals surface area contributed by atoms with Gasteiger partial charge in [-0.3, -0.25) is 0 Å². The normalized spacial score (nSPS) is 11.0. The Labute approximate surface area is 111 Å². The molecule has 0 fully saturated rings. The number of rotatable bonds is 2. The Morgan fingerprint density at radius 3 is 2.72 bits per heavy atom. The molecule has 0 aromatic carbocycles. The van der Waals surface area contributed by atoms with Crippen LogP contribution in [0.25, 0.3) is 11.2 Å². The first kappa shape index (κ1) is 11.4. The predicted octanol–water partition coefficient (Wildman–Crippen LogP) is 2.26. The van der Waals surface area contributed by atoms with Crippen LogP contribution in [0, 0.1) is 6.92 Å². The lowest BCUT2D eigenvalue weighted by atomic mass is 10.4. The van der Waals surface area contributed by atoms with Gasteiger partial charge in [0, 0.05) is 5.56 Å². The smallest absolute Gasteiger partial charge is 0.181 e. The van der Waals surface area contributed by atoms with E-state index in [1.165, 1.54) is 24.4 Å². The lowest BCUT2D eigenvalue weighted by Crippen LogP contribution is -1.92. The quantitative estimate of drug-likeness (QED) is 0.724. The Bertz CT molecular complexity index is 712. The molecule has 3 aromatic heterocycles. The van der Waals surface area contributed by atoms with E-state index in [0.29, 0.717) is 10.8 Å². The molecule has 0 saturated heterocycles. The number of hydrogen-bond acceptors (Lipinski definition) is 6. The number of hydrogen-bond donors (Lipinski definition) is 1. The molecular formula is C10H7ClN6S. The Balaban J connectivity index is 2.06. The molecule has 3 aromatic rings. The van der Waals surface area contributed by atoms with Crippen molar-refractivity contribution >= 4 is 34.5 Å². The van der Waals surface area contributed by atoms with Gasteiger partial charge in [-0.05, 0) is 18.7 Å². The number of H-pyrrole nitrogens is 1. The number of halogens is 1. The lowest BCUT2D eigenvalue weighted by Gasteiger charge is -2.04. The van der Waals surface area contributed by atoms with Gasteiger partial charge in [-0.25, -0.2) is 24.9 Å². The van der Waals surface area contributed by atoms with Crippen LogP contribution in [-0.2, 0) is 0 Å². The molecule has 0 bridgehead atoms. The van der Waals surface area contributed by atoms with Crippen LogP contribution in [0.3, 0.4) is 0 Å². The molecule has 90 valence electrons. The summed E-state index contributed by atoms with van der Waals surface area (Å²) < 4.78 is 0. The first-order valence-corrected chi connectivity index (χ1v) is 6.24. The van der Waals surface area contributed by atoms with Crippen LogP contribution in [0.1, 0.15) is 5.56 Å². The van der Waals surface area contributed by atoms with Gasteiger partial charge in [0.2, 0.25) is 0 Å². The molecule has 18 heavy (non-hydrogen) atoms. The summed E-state index contributed by atoms with van der Waals surface area (Å²) in [4.78, 5) is 23.5. The fourth-order valence-electron chi connectivity index (χ4n) is 1.43. The van der Waals surface area contributed by atoms with Crippen LogP contribution in [0.2, 0.25) is 5.15 Å². The number of aromatic nitrogens is 6. The van der Waals surface area contributed by atoms with Crippen LogP contribution >= 0.6 is 23.4 Å². The minimum atomic E-state index is 0.447. The number of nitrogens with one attached hydrogen (secondary N) is 1. The van der Waals surface area contributed by atoms with Crippen molar-refractivity contribution in [3.63, 3.8) is 0 Å². The van der Waals surface area contributed by atoms with Crippen LogP contribution in [0.5, 0.6) is 0 Å². The standard InChI is InChI=1S/C10H7ClN6S/c1-5-7(11)13-3-16-9(5)18-10-6-8(14-2-12-6)15-4-17-10/h2-4H,1H3,(H,12,14,15,17). The largest absolute Gasteiger partial charge is 0.341 e. The minimum absolute atomic E-state index is 0.447. The monoisotopic (exact) mass is 278 g/mol. The number of aromatic amines is 1. The zero-order valence-electron chi connectivity index (χ0n) is 9.25. The highest BCUT2D eigenvalue weighted by atomic mass is 35.5. The molecule has 0 aliphatic heterocycles. The molecule has 1 N–H and O–H groups in total. The summed E-state index contributed by atoms with van der Waals surface area (Å²) in [6.45, 7) is 1.87. The van der Waals surface area contributed by atoms with Crippen molar-refractivity contribution < 1.29 is 0 Å². The maximum atomic E-state index is 5.96. The number of fused-ring (bicyclic) bond motifs is 1. The molecule has 0 atom stereocenters. The highest BCUT2D eigenvalue weighted by molar-refractivity contribution is 7.99. The summed E-state index contributed by atoms with van der Waals surface area (Å²) in [6.07, 6.45) is 4.50. The molecule has 0 unspecified atom stereocenters. The zero-order valence-corrected chi connectivity index (χ0v) is 10.8. The van der Waals surface area contributed by atoms with Gasteiger partial charge >= 0.3 is 0 Å². The molecule has 0 spiro atoms. The third-order valence-corrected chi connectivity index (χ3v) is 3.85. The molecule has 8 heteroatoms. The average Bonchev–Trinajstić information content (AvgIpc) is 2.84. The van der Waals surface area contributed by atoms with Gasteiger partial charge in [0.05, 0.1) is 6.33 Å². The molecule has 3 heterocycles. The van der Waals surface area contributed by atoms with Crippen molar-refractivity contribution in [2.45, 2.75) is 17.0 Å². The van der Waals surface area contributed by atoms with E-state index in [0.717, 1.165) is 21.1 Å². The molecule has 0 amide bonds. The second-order valence-electron chi connectivity index (χ2n) is 3.48. The molecular weight excluding hydrogens is 272 g/mol. The van der Waals surface area contributed by atoms with E-state index in [2.05, 4.69) is 29.9 Å². The lowest BCUT2D eigenvalue weighted by molar-refractivity contribution is 0.995.